The van der Waals surface area contributed by atoms with Gasteiger partial charge in [0.2, 0.25) is 5.91 Å². The van der Waals surface area contributed by atoms with Gasteiger partial charge in [-0.3, -0.25) is 9.59 Å². The highest BCUT2D eigenvalue weighted by Gasteiger charge is 2.32. The molecule has 4 rings (SSSR count). The highest BCUT2D eigenvalue weighted by molar-refractivity contribution is 8.00. The monoisotopic (exact) mass is 338 g/mol. The van der Waals surface area contributed by atoms with Crippen molar-refractivity contribution >= 4 is 35.0 Å². The van der Waals surface area contributed by atoms with Gasteiger partial charge >= 0.3 is 0 Å². The number of nitrogens with zero attached hydrogens (tertiary/aromatic N) is 1. The topological polar surface area (TPSA) is 49.4 Å². The molecule has 2 amide bonds. The van der Waals surface area contributed by atoms with E-state index < -0.39 is 0 Å². The predicted molar refractivity (Wildman–Crippen MR) is 96.8 cm³/mol. The molecule has 24 heavy (non-hydrogen) atoms. The molecule has 2 aromatic rings. The molecular weight excluding hydrogens is 320 g/mol. The van der Waals surface area contributed by atoms with Crippen LogP contribution >= 0.6 is 11.8 Å². The summed E-state index contributed by atoms with van der Waals surface area (Å²) in [5.41, 5.74) is 3.52. The van der Waals surface area contributed by atoms with Gasteiger partial charge < -0.3 is 10.2 Å². The fourth-order valence-corrected chi connectivity index (χ4v) is 4.29. The number of para-hydroxylation sites is 1. The first kappa shape index (κ1) is 15.3. The maximum absolute atomic E-state index is 13.1. The lowest BCUT2D eigenvalue weighted by molar-refractivity contribution is -0.115. The number of nitrogens with one attached hydrogen (secondary N) is 1. The van der Waals surface area contributed by atoms with Crippen molar-refractivity contribution in [3.05, 3.63) is 53.6 Å². The zero-order valence-corrected chi connectivity index (χ0v) is 14.4. The zero-order chi connectivity index (χ0) is 16.8. The normalized spacial score (nSPS) is 21.9. The molecule has 0 spiro atoms. The van der Waals surface area contributed by atoms with E-state index in [2.05, 4.69) is 18.3 Å². The molecule has 2 aromatic carbocycles. The predicted octanol–water partition coefficient (Wildman–Crippen LogP) is 3.71. The SMILES string of the molecule is C[C@@H]1Sc2ccc(C(=O)N3c4ccccc4C[C@@H]3C)cc2NC1=O. The standard InChI is InChI=1S/C19H18N2O2S/c1-11-9-13-5-3-4-6-16(13)21(11)19(23)14-7-8-17-15(10-14)20-18(22)12(2)24-17/h3-8,10-12H,9H2,1-2H3,(H,20,22)/t11-,12-/m0/s1. The summed E-state index contributed by atoms with van der Waals surface area (Å²) in [7, 11) is 0. The molecule has 0 bridgehead atoms. The van der Waals surface area contributed by atoms with E-state index in [4.69, 9.17) is 0 Å². The molecule has 2 aliphatic heterocycles. The van der Waals surface area contributed by atoms with Crippen molar-refractivity contribution in [3.63, 3.8) is 0 Å². The molecule has 0 unspecified atom stereocenters. The van der Waals surface area contributed by atoms with Crippen LogP contribution in [0.3, 0.4) is 0 Å². The lowest BCUT2D eigenvalue weighted by Gasteiger charge is -2.25. The fraction of sp³-hybridized carbons (Fsp3) is 0.263. The average Bonchev–Trinajstić information content (AvgIpc) is 2.90. The molecule has 0 saturated heterocycles. The van der Waals surface area contributed by atoms with Crippen molar-refractivity contribution in [2.75, 3.05) is 10.2 Å². The van der Waals surface area contributed by atoms with Crippen molar-refractivity contribution in [1.82, 2.24) is 0 Å². The number of carbonyl (C=O) groups is 2. The van der Waals surface area contributed by atoms with Gasteiger partial charge in [-0.2, -0.15) is 0 Å². The molecule has 2 heterocycles. The van der Waals surface area contributed by atoms with Gasteiger partial charge in [-0.05, 0) is 50.1 Å². The second kappa shape index (κ2) is 5.67. The molecule has 0 fully saturated rings. The lowest BCUT2D eigenvalue weighted by Crippen LogP contribution is -2.36. The van der Waals surface area contributed by atoms with Crippen molar-refractivity contribution < 1.29 is 9.59 Å². The molecular formula is C19H18N2O2S. The Morgan fingerprint density at radius 1 is 1.21 bits per heavy atom. The largest absolute Gasteiger partial charge is 0.324 e. The van der Waals surface area contributed by atoms with Gasteiger partial charge in [0.15, 0.2) is 0 Å². The highest BCUT2D eigenvalue weighted by Crippen LogP contribution is 2.37. The van der Waals surface area contributed by atoms with Gasteiger partial charge in [0, 0.05) is 22.2 Å². The molecule has 4 nitrogen and oxygen atoms in total. The maximum Gasteiger partial charge on any atom is 0.258 e. The first-order valence-electron chi connectivity index (χ1n) is 8.07. The summed E-state index contributed by atoms with van der Waals surface area (Å²) >= 11 is 1.52. The van der Waals surface area contributed by atoms with Crippen molar-refractivity contribution in [2.24, 2.45) is 0 Å². The number of anilines is 2. The average molecular weight is 338 g/mol. The number of hydrogen-bond donors (Lipinski definition) is 1. The Labute approximate surface area is 145 Å². The van der Waals surface area contributed by atoms with E-state index in [1.54, 1.807) is 6.07 Å². The summed E-state index contributed by atoms with van der Waals surface area (Å²) < 4.78 is 0. The minimum absolute atomic E-state index is 0.0167. The minimum Gasteiger partial charge on any atom is -0.324 e. The van der Waals surface area contributed by atoms with Crippen LogP contribution in [0.15, 0.2) is 47.4 Å². The maximum atomic E-state index is 13.1. The van der Waals surface area contributed by atoms with Gasteiger partial charge in [-0.15, -0.1) is 11.8 Å². The summed E-state index contributed by atoms with van der Waals surface area (Å²) in [6, 6.07) is 13.7. The summed E-state index contributed by atoms with van der Waals surface area (Å²) in [5.74, 6) is -0.0369. The van der Waals surface area contributed by atoms with Gasteiger partial charge in [0.05, 0.1) is 10.9 Å². The Bertz CT molecular complexity index is 849. The van der Waals surface area contributed by atoms with E-state index in [1.165, 1.54) is 17.3 Å². The Hall–Kier alpha value is -2.27. The van der Waals surface area contributed by atoms with Gasteiger partial charge in [-0.1, -0.05) is 18.2 Å². The van der Waals surface area contributed by atoms with Crippen LogP contribution in [-0.4, -0.2) is 23.1 Å². The molecule has 0 aliphatic carbocycles. The van der Waals surface area contributed by atoms with Crippen LogP contribution in [0.2, 0.25) is 0 Å². The zero-order valence-electron chi connectivity index (χ0n) is 13.6. The molecule has 122 valence electrons. The molecule has 0 aromatic heterocycles. The summed E-state index contributed by atoms with van der Waals surface area (Å²) in [5, 5.41) is 2.79. The molecule has 2 atom stereocenters. The third-order valence-corrected chi connectivity index (χ3v) is 5.76. The number of hydrogen-bond acceptors (Lipinski definition) is 3. The second-order valence-electron chi connectivity index (χ2n) is 6.32. The highest BCUT2D eigenvalue weighted by atomic mass is 32.2. The van der Waals surface area contributed by atoms with E-state index in [9.17, 15) is 9.59 Å². The first-order chi connectivity index (χ1) is 11.5. The first-order valence-corrected chi connectivity index (χ1v) is 8.95. The molecule has 2 aliphatic rings. The number of fused-ring (bicyclic) bond motifs is 2. The second-order valence-corrected chi connectivity index (χ2v) is 7.70. The summed E-state index contributed by atoms with van der Waals surface area (Å²) in [4.78, 5) is 27.8. The van der Waals surface area contributed by atoms with E-state index in [-0.39, 0.29) is 23.1 Å². The Morgan fingerprint density at radius 3 is 2.83 bits per heavy atom. The Kier molecular flexibility index (Phi) is 3.61. The third kappa shape index (κ3) is 2.40. The van der Waals surface area contributed by atoms with Crippen molar-refractivity contribution in [2.45, 2.75) is 36.5 Å². The lowest BCUT2D eigenvalue weighted by atomic mass is 10.1. The Balaban J connectivity index is 1.69. The quantitative estimate of drug-likeness (QED) is 0.862. The molecule has 0 radical (unpaired) electrons. The Morgan fingerprint density at radius 2 is 2.00 bits per heavy atom. The molecule has 0 saturated carbocycles. The van der Waals surface area contributed by atoms with Gasteiger partial charge in [-0.25, -0.2) is 0 Å². The molecule has 5 heteroatoms. The van der Waals surface area contributed by atoms with Crippen LogP contribution in [0.5, 0.6) is 0 Å². The van der Waals surface area contributed by atoms with Crippen LogP contribution < -0.4 is 10.2 Å². The smallest absolute Gasteiger partial charge is 0.258 e. The van der Waals surface area contributed by atoms with Gasteiger partial charge in [0.1, 0.15) is 0 Å². The van der Waals surface area contributed by atoms with E-state index >= 15 is 0 Å². The van der Waals surface area contributed by atoms with E-state index in [0.29, 0.717) is 5.56 Å². The van der Waals surface area contributed by atoms with Crippen molar-refractivity contribution in [1.29, 1.82) is 0 Å². The van der Waals surface area contributed by atoms with Crippen LogP contribution in [0.4, 0.5) is 11.4 Å². The van der Waals surface area contributed by atoms with Crippen molar-refractivity contribution in [3.8, 4) is 0 Å². The summed E-state index contributed by atoms with van der Waals surface area (Å²) in [6.45, 7) is 3.94. The number of amides is 2. The fourth-order valence-electron chi connectivity index (χ4n) is 3.36. The van der Waals surface area contributed by atoms with Crippen LogP contribution in [-0.2, 0) is 11.2 Å². The van der Waals surface area contributed by atoms with E-state index in [1.807, 2.05) is 42.2 Å². The molecule has 1 N–H and O–H groups in total. The number of carbonyl (C=O) groups excluding carboxylic acids is 2. The van der Waals surface area contributed by atoms with Crippen LogP contribution in [0, 0.1) is 0 Å². The number of rotatable bonds is 1. The van der Waals surface area contributed by atoms with Crippen LogP contribution in [0.25, 0.3) is 0 Å². The number of thioether (sulfide) groups is 1. The van der Waals surface area contributed by atoms with Gasteiger partial charge in [0.25, 0.3) is 5.91 Å². The minimum atomic E-state index is -0.107. The number of benzene rings is 2. The van der Waals surface area contributed by atoms with E-state index in [0.717, 1.165) is 22.7 Å². The van der Waals surface area contributed by atoms with Crippen LogP contribution in [0.1, 0.15) is 29.8 Å². The summed E-state index contributed by atoms with van der Waals surface area (Å²) in [6.07, 6.45) is 0.872. The third-order valence-electron chi connectivity index (χ3n) is 4.58.